The zero-order valence-corrected chi connectivity index (χ0v) is 12.0. The van der Waals surface area contributed by atoms with E-state index in [0.29, 0.717) is 0 Å². The van der Waals surface area contributed by atoms with E-state index >= 15 is 0 Å². The second-order valence-corrected chi connectivity index (χ2v) is 6.50. The quantitative estimate of drug-likeness (QED) is 0.822. The zero-order chi connectivity index (χ0) is 12.3. The maximum absolute atomic E-state index is 6.37. The van der Waals surface area contributed by atoms with Crippen molar-refractivity contribution in [2.45, 2.75) is 64.8 Å². The molecule has 1 aromatic heterocycles. The fourth-order valence-electron chi connectivity index (χ4n) is 2.79. The highest BCUT2D eigenvalue weighted by atomic mass is 32.1. The number of aryl methyl sites for hydroxylation is 2. The molecule has 17 heavy (non-hydrogen) atoms. The van der Waals surface area contributed by atoms with Gasteiger partial charge < -0.3 is 5.73 Å². The molecule has 0 spiro atoms. The van der Waals surface area contributed by atoms with Gasteiger partial charge in [0, 0.05) is 15.8 Å². The van der Waals surface area contributed by atoms with Gasteiger partial charge in [0.25, 0.3) is 0 Å². The fraction of sp³-hybridized carbons (Fsp3) is 0.733. The predicted octanol–water partition coefficient (Wildman–Crippen LogP) is 4.45. The Bertz CT molecular complexity index is 328. The Morgan fingerprint density at radius 1 is 1.24 bits per heavy atom. The van der Waals surface area contributed by atoms with Gasteiger partial charge in [-0.05, 0) is 49.7 Å². The molecule has 0 saturated heterocycles. The van der Waals surface area contributed by atoms with Crippen LogP contribution in [0.2, 0.25) is 0 Å². The summed E-state index contributed by atoms with van der Waals surface area (Å²) in [5.74, 6) is 0.795. The Kier molecular flexibility index (Phi) is 4.63. The molecule has 0 saturated carbocycles. The van der Waals surface area contributed by atoms with Crippen LogP contribution in [0.15, 0.2) is 6.07 Å². The normalized spacial score (nSPS) is 17.2. The van der Waals surface area contributed by atoms with Crippen molar-refractivity contribution >= 4 is 11.3 Å². The molecule has 1 nitrogen and oxygen atoms in total. The summed E-state index contributed by atoms with van der Waals surface area (Å²) >= 11 is 1.98. The molecule has 0 amide bonds. The molecule has 2 rings (SSSR count). The third-order valence-electron chi connectivity index (χ3n) is 4.12. The van der Waals surface area contributed by atoms with Crippen LogP contribution < -0.4 is 5.73 Å². The lowest BCUT2D eigenvalue weighted by Crippen LogP contribution is -2.13. The van der Waals surface area contributed by atoms with E-state index in [-0.39, 0.29) is 6.04 Å². The van der Waals surface area contributed by atoms with Crippen molar-refractivity contribution in [1.29, 1.82) is 0 Å². The van der Waals surface area contributed by atoms with Crippen molar-refractivity contribution in [3.05, 3.63) is 21.4 Å². The lowest BCUT2D eigenvalue weighted by molar-refractivity contribution is 0.417. The molecule has 1 aliphatic rings. The molecule has 0 radical (unpaired) electrons. The van der Waals surface area contributed by atoms with Crippen molar-refractivity contribution in [2.75, 3.05) is 0 Å². The summed E-state index contributed by atoms with van der Waals surface area (Å²) < 4.78 is 0. The molecule has 2 heteroatoms. The Hall–Kier alpha value is -0.340. The third kappa shape index (κ3) is 3.11. The molecule has 0 aromatic carbocycles. The molecule has 0 fully saturated rings. The fourth-order valence-corrected chi connectivity index (χ4v) is 4.07. The summed E-state index contributed by atoms with van der Waals surface area (Å²) in [6.45, 7) is 4.56. The number of fused-ring (bicyclic) bond motifs is 1. The lowest BCUT2D eigenvalue weighted by atomic mass is 9.93. The van der Waals surface area contributed by atoms with Gasteiger partial charge >= 0.3 is 0 Å². The van der Waals surface area contributed by atoms with E-state index in [0.717, 1.165) is 12.3 Å². The minimum Gasteiger partial charge on any atom is -0.323 e. The third-order valence-corrected chi connectivity index (χ3v) is 5.49. The second-order valence-electron chi connectivity index (χ2n) is 5.33. The summed E-state index contributed by atoms with van der Waals surface area (Å²) in [6.07, 6.45) is 8.98. The standard InChI is InChI=1S/C15H25NS/c1-3-11(4-2)9-13(16)15-10-12-7-5-6-8-14(12)17-15/h10-11,13H,3-9,16H2,1-2H3. The van der Waals surface area contributed by atoms with Gasteiger partial charge in [-0.2, -0.15) is 0 Å². The molecule has 1 unspecified atom stereocenters. The molecular weight excluding hydrogens is 226 g/mol. The highest BCUT2D eigenvalue weighted by molar-refractivity contribution is 7.12. The van der Waals surface area contributed by atoms with Crippen LogP contribution in [0.25, 0.3) is 0 Å². The van der Waals surface area contributed by atoms with E-state index in [1.165, 1.54) is 43.4 Å². The summed E-state index contributed by atoms with van der Waals surface area (Å²) in [4.78, 5) is 3.05. The average molecular weight is 251 g/mol. The van der Waals surface area contributed by atoms with Crippen LogP contribution in [0.3, 0.4) is 0 Å². The van der Waals surface area contributed by atoms with Crippen LogP contribution in [0, 0.1) is 5.92 Å². The first-order valence-electron chi connectivity index (χ1n) is 7.11. The molecular formula is C15H25NS. The van der Waals surface area contributed by atoms with Gasteiger partial charge in [0.1, 0.15) is 0 Å². The molecule has 1 aromatic rings. The van der Waals surface area contributed by atoms with Crippen LogP contribution in [0.1, 0.15) is 67.3 Å². The highest BCUT2D eigenvalue weighted by Crippen LogP contribution is 2.34. The van der Waals surface area contributed by atoms with Crippen molar-refractivity contribution in [3.8, 4) is 0 Å². The second kappa shape index (κ2) is 6.01. The largest absolute Gasteiger partial charge is 0.323 e. The predicted molar refractivity (Wildman–Crippen MR) is 76.6 cm³/mol. The first-order chi connectivity index (χ1) is 8.24. The van der Waals surface area contributed by atoms with Crippen molar-refractivity contribution < 1.29 is 0 Å². The highest BCUT2D eigenvalue weighted by Gasteiger charge is 2.18. The van der Waals surface area contributed by atoms with Crippen LogP contribution in [-0.4, -0.2) is 0 Å². The lowest BCUT2D eigenvalue weighted by Gasteiger charge is -2.16. The maximum atomic E-state index is 6.37. The van der Waals surface area contributed by atoms with Crippen molar-refractivity contribution in [2.24, 2.45) is 11.7 Å². The molecule has 1 heterocycles. The van der Waals surface area contributed by atoms with Gasteiger partial charge in [-0.3, -0.25) is 0 Å². The van der Waals surface area contributed by atoms with E-state index in [1.54, 1.807) is 10.4 Å². The number of hydrogen-bond acceptors (Lipinski definition) is 2. The summed E-state index contributed by atoms with van der Waals surface area (Å²) in [5.41, 5.74) is 7.96. The topological polar surface area (TPSA) is 26.0 Å². The van der Waals surface area contributed by atoms with Gasteiger partial charge in [0.2, 0.25) is 0 Å². The SMILES string of the molecule is CCC(CC)CC(N)c1cc2c(s1)CCCC2. The zero-order valence-electron chi connectivity index (χ0n) is 11.2. The summed E-state index contributed by atoms with van der Waals surface area (Å²) in [5, 5.41) is 0. The van der Waals surface area contributed by atoms with Crippen LogP contribution in [0.5, 0.6) is 0 Å². The van der Waals surface area contributed by atoms with E-state index in [4.69, 9.17) is 5.73 Å². The van der Waals surface area contributed by atoms with E-state index in [9.17, 15) is 0 Å². The molecule has 0 bridgehead atoms. The Morgan fingerprint density at radius 2 is 1.94 bits per heavy atom. The minimum atomic E-state index is 0.274. The maximum Gasteiger partial charge on any atom is 0.0392 e. The van der Waals surface area contributed by atoms with Crippen LogP contribution >= 0.6 is 11.3 Å². The summed E-state index contributed by atoms with van der Waals surface area (Å²) in [7, 11) is 0. The van der Waals surface area contributed by atoms with Gasteiger partial charge in [0.05, 0.1) is 0 Å². The van der Waals surface area contributed by atoms with Crippen LogP contribution in [-0.2, 0) is 12.8 Å². The molecule has 1 aliphatic carbocycles. The first-order valence-corrected chi connectivity index (χ1v) is 7.93. The van der Waals surface area contributed by atoms with Gasteiger partial charge in [0.15, 0.2) is 0 Å². The molecule has 2 N–H and O–H groups in total. The van der Waals surface area contributed by atoms with Gasteiger partial charge in [-0.15, -0.1) is 11.3 Å². The Labute approximate surface area is 109 Å². The van der Waals surface area contributed by atoms with Gasteiger partial charge in [-0.1, -0.05) is 26.7 Å². The van der Waals surface area contributed by atoms with Crippen molar-refractivity contribution in [3.63, 3.8) is 0 Å². The number of nitrogens with two attached hydrogens (primary N) is 1. The Balaban J connectivity index is 2.03. The summed E-state index contributed by atoms with van der Waals surface area (Å²) in [6, 6.07) is 2.67. The molecule has 96 valence electrons. The van der Waals surface area contributed by atoms with Crippen molar-refractivity contribution in [1.82, 2.24) is 0 Å². The average Bonchev–Trinajstić information content (AvgIpc) is 2.79. The van der Waals surface area contributed by atoms with Crippen LogP contribution in [0.4, 0.5) is 0 Å². The monoisotopic (exact) mass is 251 g/mol. The minimum absolute atomic E-state index is 0.274. The molecule has 1 atom stereocenters. The Morgan fingerprint density at radius 3 is 2.59 bits per heavy atom. The van der Waals surface area contributed by atoms with E-state index in [1.807, 2.05) is 11.3 Å². The number of hydrogen-bond donors (Lipinski definition) is 1. The first kappa shape index (κ1) is 13.1. The smallest absolute Gasteiger partial charge is 0.0392 e. The number of rotatable bonds is 5. The number of thiophene rings is 1. The van der Waals surface area contributed by atoms with E-state index in [2.05, 4.69) is 19.9 Å². The van der Waals surface area contributed by atoms with Gasteiger partial charge in [-0.25, -0.2) is 0 Å². The molecule has 0 aliphatic heterocycles. The van der Waals surface area contributed by atoms with E-state index < -0.39 is 0 Å².